The highest BCUT2D eigenvalue weighted by Gasteiger charge is 2.66. The molecule has 0 aliphatic heterocycles. The SMILES string of the molecule is Cc1ccc(C2(C(=N)N)CC2(C)C)o1. The summed E-state index contributed by atoms with van der Waals surface area (Å²) in [7, 11) is 0. The summed E-state index contributed by atoms with van der Waals surface area (Å²) in [5.74, 6) is 1.94. The van der Waals surface area contributed by atoms with Gasteiger partial charge in [0, 0.05) is 0 Å². The molecule has 3 nitrogen and oxygen atoms in total. The number of hydrogen-bond donors (Lipinski definition) is 2. The third-order valence-corrected chi connectivity index (χ3v) is 3.36. The van der Waals surface area contributed by atoms with Gasteiger partial charge in [-0.3, -0.25) is 5.41 Å². The van der Waals surface area contributed by atoms with Crippen molar-refractivity contribution in [1.82, 2.24) is 0 Å². The van der Waals surface area contributed by atoms with Crippen LogP contribution in [0.4, 0.5) is 0 Å². The zero-order valence-corrected chi connectivity index (χ0v) is 8.85. The maximum atomic E-state index is 7.68. The molecule has 1 fully saturated rings. The van der Waals surface area contributed by atoms with Crippen LogP contribution in [0.5, 0.6) is 0 Å². The number of nitrogens with two attached hydrogens (primary N) is 1. The lowest BCUT2D eigenvalue weighted by Gasteiger charge is -2.16. The lowest BCUT2D eigenvalue weighted by Crippen LogP contribution is -2.31. The molecule has 0 amide bonds. The third kappa shape index (κ3) is 0.953. The number of amidine groups is 1. The van der Waals surface area contributed by atoms with E-state index in [1.807, 2.05) is 19.1 Å². The van der Waals surface area contributed by atoms with Crippen LogP contribution in [0.2, 0.25) is 0 Å². The summed E-state index contributed by atoms with van der Waals surface area (Å²) < 4.78 is 5.59. The van der Waals surface area contributed by atoms with Crippen LogP contribution in [0, 0.1) is 17.7 Å². The Morgan fingerprint density at radius 3 is 2.36 bits per heavy atom. The van der Waals surface area contributed by atoms with Crippen molar-refractivity contribution in [2.45, 2.75) is 32.6 Å². The second-order valence-corrected chi connectivity index (χ2v) is 4.79. The van der Waals surface area contributed by atoms with Gasteiger partial charge in [-0.05, 0) is 30.9 Å². The second-order valence-electron chi connectivity index (χ2n) is 4.79. The van der Waals surface area contributed by atoms with Crippen molar-refractivity contribution in [3.05, 3.63) is 23.7 Å². The second kappa shape index (κ2) is 2.41. The van der Waals surface area contributed by atoms with Crippen LogP contribution >= 0.6 is 0 Å². The van der Waals surface area contributed by atoms with E-state index in [1.54, 1.807) is 0 Å². The van der Waals surface area contributed by atoms with E-state index in [4.69, 9.17) is 15.6 Å². The van der Waals surface area contributed by atoms with Gasteiger partial charge in [0.2, 0.25) is 0 Å². The van der Waals surface area contributed by atoms with E-state index in [0.717, 1.165) is 17.9 Å². The average Bonchev–Trinajstić information content (AvgIpc) is 2.44. The van der Waals surface area contributed by atoms with Crippen molar-refractivity contribution in [3.8, 4) is 0 Å². The van der Waals surface area contributed by atoms with Gasteiger partial charge in [-0.25, -0.2) is 0 Å². The van der Waals surface area contributed by atoms with Crippen molar-refractivity contribution in [2.75, 3.05) is 0 Å². The summed E-state index contributed by atoms with van der Waals surface area (Å²) in [4.78, 5) is 0. The van der Waals surface area contributed by atoms with Crippen molar-refractivity contribution in [3.63, 3.8) is 0 Å². The lowest BCUT2D eigenvalue weighted by atomic mass is 9.92. The van der Waals surface area contributed by atoms with Gasteiger partial charge in [0.1, 0.15) is 17.4 Å². The van der Waals surface area contributed by atoms with Gasteiger partial charge in [0.15, 0.2) is 0 Å². The highest BCUT2D eigenvalue weighted by molar-refractivity contribution is 5.93. The van der Waals surface area contributed by atoms with E-state index in [2.05, 4.69) is 13.8 Å². The molecular weight excluding hydrogens is 176 g/mol. The Morgan fingerprint density at radius 2 is 2.07 bits per heavy atom. The van der Waals surface area contributed by atoms with E-state index >= 15 is 0 Å². The van der Waals surface area contributed by atoms with Crippen LogP contribution in [-0.4, -0.2) is 5.84 Å². The molecule has 3 N–H and O–H groups in total. The topological polar surface area (TPSA) is 63.0 Å². The Bertz CT molecular complexity index is 392. The van der Waals surface area contributed by atoms with Gasteiger partial charge < -0.3 is 10.2 Å². The normalized spacial score (nSPS) is 28.8. The lowest BCUT2D eigenvalue weighted by molar-refractivity contribution is 0.432. The Labute approximate surface area is 83.8 Å². The minimum absolute atomic E-state index is 0.0587. The van der Waals surface area contributed by atoms with E-state index in [9.17, 15) is 0 Å². The summed E-state index contributed by atoms with van der Waals surface area (Å²) >= 11 is 0. The summed E-state index contributed by atoms with van der Waals surface area (Å²) in [6.07, 6.45) is 0.905. The first-order valence-corrected chi connectivity index (χ1v) is 4.81. The number of rotatable bonds is 2. The summed E-state index contributed by atoms with van der Waals surface area (Å²) in [6.45, 7) is 6.14. The quantitative estimate of drug-likeness (QED) is 0.557. The van der Waals surface area contributed by atoms with E-state index in [-0.39, 0.29) is 16.7 Å². The summed E-state index contributed by atoms with van der Waals surface area (Å²) in [6, 6.07) is 3.86. The summed E-state index contributed by atoms with van der Waals surface area (Å²) in [5.41, 5.74) is 5.39. The van der Waals surface area contributed by atoms with Crippen LogP contribution in [0.25, 0.3) is 0 Å². The molecule has 0 spiro atoms. The van der Waals surface area contributed by atoms with E-state index < -0.39 is 0 Å². The molecule has 1 saturated carbocycles. The molecule has 0 saturated heterocycles. The molecule has 0 bridgehead atoms. The Morgan fingerprint density at radius 1 is 1.50 bits per heavy atom. The van der Waals surface area contributed by atoms with Gasteiger partial charge >= 0.3 is 0 Å². The smallest absolute Gasteiger partial charge is 0.118 e. The van der Waals surface area contributed by atoms with Gasteiger partial charge in [-0.2, -0.15) is 0 Å². The van der Waals surface area contributed by atoms with Crippen LogP contribution < -0.4 is 5.73 Å². The minimum Gasteiger partial charge on any atom is -0.465 e. The molecule has 1 atom stereocenters. The molecule has 0 aromatic carbocycles. The minimum atomic E-state index is -0.346. The fourth-order valence-electron chi connectivity index (χ4n) is 2.30. The number of hydrogen-bond acceptors (Lipinski definition) is 2. The molecule has 3 heteroatoms. The zero-order valence-electron chi connectivity index (χ0n) is 8.85. The van der Waals surface area contributed by atoms with Gasteiger partial charge in [-0.15, -0.1) is 0 Å². The molecular formula is C11H16N2O. The molecule has 1 aromatic rings. The van der Waals surface area contributed by atoms with Crippen LogP contribution in [-0.2, 0) is 5.41 Å². The first-order chi connectivity index (χ1) is 6.40. The average molecular weight is 192 g/mol. The maximum absolute atomic E-state index is 7.68. The third-order valence-electron chi connectivity index (χ3n) is 3.36. The van der Waals surface area contributed by atoms with Crippen LogP contribution in [0.3, 0.4) is 0 Å². The van der Waals surface area contributed by atoms with Gasteiger partial charge in [0.05, 0.1) is 5.41 Å². The molecule has 1 unspecified atom stereocenters. The first kappa shape index (κ1) is 9.31. The molecule has 1 aliphatic carbocycles. The van der Waals surface area contributed by atoms with Crippen molar-refractivity contribution in [1.29, 1.82) is 5.41 Å². The molecule has 14 heavy (non-hydrogen) atoms. The zero-order chi connectivity index (χ0) is 10.6. The Balaban J connectivity index is 2.46. The molecule has 1 aromatic heterocycles. The first-order valence-electron chi connectivity index (χ1n) is 4.81. The van der Waals surface area contributed by atoms with E-state index in [0.29, 0.717) is 0 Å². The molecule has 76 valence electrons. The number of aryl methyl sites for hydroxylation is 1. The number of nitrogens with one attached hydrogen (secondary N) is 1. The maximum Gasteiger partial charge on any atom is 0.118 e. The Kier molecular flexibility index (Phi) is 1.60. The predicted molar refractivity (Wildman–Crippen MR) is 55.4 cm³/mol. The van der Waals surface area contributed by atoms with E-state index in [1.165, 1.54) is 0 Å². The largest absolute Gasteiger partial charge is 0.465 e. The molecule has 1 aliphatic rings. The monoisotopic (exact) mass is 192 g/mol. The fourth-order valence-corrected chi connectivity index (χ4v) is 2.30. The van der Waals surface area contributed by atoms with Crippen LogP contribution in [0.15, 0.2) is 16.5 Å². The van der Waals surface area contributed by atoms with Crippen LogP contribution in [0.1, 0.15) is 31.8 Å². The predicted octanol–water partition coefficient (Wildman–Crippen LogP) is 2.19. The Hall–Kier alpha value is -1.25. The fraction of sp³-hybridized carbons (Fsp3) is 0.545. The highest BCUT2D eigenvalue weighted by atomic mass is 16.3. The highest BCUT2D eigenvalue weighted by Crippen LogP contribution is 2.64. The molecule has 0 radical (unpaired) electrons. The standard InChI is InChI=1S/C11H16N2O/c1-7-4-5-8(14-7)11(9(12)13)6-10(11,2)3/h4-5H,6H2,1-3H3,(H3,12,13). The van der Waals surface area contributed by atoms with Crippen molar-refractivity contribution >= 4 is 5.84 Å². The van der Waals surface area contributed by atoms with Gasteiger partial charge in [-0.1, -0.05) is 13.8 Å². The number of furan rings is 1. The van der Waals surface area contributed by atoms with Gasteiger partial charge in [0.25, 0.3) is 0 Å². The van der Waals surface area contributed by atoms with Crippen molar-refractivity contribution in [2.24, 2.45) is 11.1 Å². The van der Waals surface area contributed by atoms with Crippen molar-refractivity contribution < 1.29 is 4.42 Å². The molecule has 1 heterocycles. The summed E-state index contributed by atoms with van der Waals surface area (Å²) in [5, 5.41) is 7.68. The molecule has 2 rings (SSSR count).